The lowest BCUT2D eigenvalue weighted by molar-refractivity contribution is 0.0695. The molecule has 4 rings (SSSR count). The van der Waals surface area contributed by atoms with E-state index in [4.69, 9.17) is 0 Å². The Morgan fingerprint density at radius 1 is 1.20 bits per heavy atom. The molecule has 1 fully saturated rings. The molecule has 1 aliphatic rings. The van der Waals surface area contributed by atoms with Gasteiger partial charge in [-0.3, -0.25) is 14.0 Å². The third-order valence-electron chi connectivity index (χ3n) is 4.59. The van der Waals surface area contributed by atoms with E-state index in [-0.39, 0.29) is 23.1 Å². The zero-order chi connectivity index (χ0) is 17.4. The van der Waals surface area contributed by atoms with Gasteiger partial charge in [-0.05, 0) is 31.0 Å². The number of nitrogens with zero attached hydrogens (tertiary/aromatic N) is 6. The van der Waals surface area contributed by atoms with Gasteiger partial charge in [0, 0.05) is 38.3 Å². The monoisotopic (exact) mass is 338 g/mol. The van der Waals surface area contributed by atoms with Crippen molar-refractivity contribution >= 4 is 11.6 Å². The van der Waals surface area contributed by atoms with E-state index in [1.165, 1.54) is 16.8 Å². The second-order valence-electron chi connectivity index (χ2n) is 6.26. The molecule has 128 valence electrons. The summed E-state index contributed by atoms with van der Waals surface area (Å²) in [5.41, 5.74) is 0.859. The first-order valence-corrected chi connectivity index (χ1v) is 8.27. The maximum absolute atomic E-state index is 12.7. The zero-order valence-corrected chi connectivity index (χ0v) is 13.9. The number of amides is 1. The maximum Gasteiger partial charge on any atom is 0.274 e. The molecule has 0 aromatic carbocycles. The number of aryl methyl sites for hydroxylation is 1. The fourth-order valence-electron chi connectivity index (χ4n) is 3.29. The molecule has 3 aromatic rings. The first-order valence-electron chi connectivity index (χ1n) is 8.27. The number of pyridine rings is 1. The molecule has 1 amide bonds. The Balaban J connectivity index is 1.59. The van der Waals surface area contributed by atoms with Crippen LogP contribution in [0.25, 0.3) is 5.65 Å². The average Bonchev–Trinajstić information content (AvgIpc) is 3.08. The molecule has 3 aromatic heterocycles. The molecule has 0 N–H and O–H groups in total. The number of hydrogen-bond acceptors (Lipinski definition) is 5. The molecule has 0 saturated carbocycles. The van der Waals surface area contributed by atoms with Crippen LogP contribution >= 0.6 is 0 Å². The highest BCUT2D eigenvalue weighted by Gasteiger charge is 2.29. The van der Waals surface area contributed by atoms with Gasteiger partial charge in [-0.15, -0.1) is 10.2 Å². The van der Waals surface area contributed by atoms with Crippen molar-refractivity contribution in [3.63, 3.8) is 0 Å². The molecule has 1 saturated heterocycles. The lowest BCUT2D eigenvalue weighted by atomic mass is 9.97. The molecule has 25 heavy (non-hydrogen) atoms. The minimum atomic E-state index is -0.233. The van der Waals surface area contributed by atoms with Crippen LogP contribution in [0.15, 0.2) is 41.3 Å². The third kappa shape index (κ3) is 2.79. The van der Waals surface area contributed by atoms with Crippen LogP contribution in [0.1, 0.15) is 35.1 Å². The first-order chi connectivity index (χ1) is 12.1. The fourth-order valence-corrected chi connectivity index (χ4v) is 3.29. The van der Waals surface area contributed by atoms with Gasteiger partial charge < -0.3 is 4.90 Å². The van der Waals surface area contributed by atoms with Crippen LogP contribution in [-0.2, 0) is 7.05 Å². The predicted molar refractivity (Wildman–Crippen MR) is 90.3 cm³/mol. The minimum Gasteiger partial charge on any atom is -0.337 e. The highest BCUT2D eigenvalue weighted by Crippen LogP contribution is 2.26. The Morgan fingerprint density at radius 3 is 2.92 bits per heavy atom. The Morgan fingerprint density at radius 2 is 2.08 bits per heavy atom. The summed E-state index contributed by atoms with van der Waals surface area (Å²) in [5.74, 6) is 0.846. The van der Waals surface area contributed by atoms with E-state index in [0.717, 1.165) is 24.3 Å². The van der Waals surface area contributed by atoms with Gasteiger partial charge in [-0.25, -0.2) is 4.68 Å². The summed E-state index contributed by atoms with van der Waals surface area (Å²) in [6.45, 7) is 1.25. The fraction of sp³-hybridized carbons (Fsp3) is 0.353. The van der Waals surface area contributed by atoms with Crippen LogP contribution in [0.4, 0.5) is 0 Å². The summed E-state index contributed by atoms with van der Waals surface area (Å²) in [6.07, 6.45) is 3.80. The second-order valence-corrected chi connectivity index (χ2v) is 6.26. The molecule has 1 unspecified atom stereocenters. The third-order valence-corrected chi connectivity index (χ3v) is 4.59. The Kier molecular flexibility index (Phi) is 3.79. The normalized spacial score (nSPS) is 17.8. The molecule has 0 spiro atoms. The minimum absolute atomic E-state index is 0.127. The van der Waals surface area contributed by atoms with Crippen molar-refractivity contribution in [3.8, 4) is 0 Å². The molecule has 0 radical (unpaired) electrons. The Labute approximate surface area is 143 Å². The number of fused-ring (bicyclic) bond motifs is 1. The van der Waals surface area contributed by atoms with E-state index in [0.29, 0.717) is 13.1 Å². The van der Waals surface area contributed by atoms with Gasteiger partial charge in [0.1, 0.15) is 11.5 Å². The summed E-state index contributed by atoms with van der Waals surface area (Å²) < 4.78 is 3.16. The molecule has 0 bridgehead atoms. The largest absolute Gasteiger partial charge is 0.337 e. The number of carbonyl (C=O) groups excluding carboxylic acids is 1. The number of likely N-dealkylation sites (tertiary alicyclic amines) is 1. The smallest absolute Gasteiger partial charge is 0.274 e. The summed E-state index contributed by atoms with van der Waals surface area (Å²) in [4.78, 5) is 26.0. The lowest BCUT2D eigenvalue weighted by Gasteiger charge is -2.31. The standard InChI is InChI=1S/C17H18N6O2/c1-21-15(24)8-7-13(20-21)17(25)22-9-4-5-12(11-22)16-19-18-14-6-2-3-10-23(14)16/h2-3,6-8,10,12H,4-5,9,11H2,1H3. The SMILES string of the molecule is Cn1nc(C(=O)N2CCCC(c3nnc4ccccn34)C2)ccc1=O. The number of rotatable bonds is 2. The van der Waals surface area contributed by atoms with E-state index < -0.39 is 0 Å². The topological polar surface area (TPSA) is 85.4 Å². The van der Waals surface area contributed by atoms with Gasteiger partial charge in [0.25, 0.3) is 11.5 Å². The molecular formula is C17H18N6O2. The summed E-state index contributed by atoms with van der Waals surface area (Å²) >= 11 is 0. The van der Waals surface area contributed by atoms with Crippen LogP contribution in [-0.4, -0.2) is 48.3 Å². The lowest BCUT2D eigenvalue weighted by Crippen LogP contribution is -2.40. The van der Waals surface area contributed by atoms with Crippen LogP contribution in [0.5, 0.6) is 0 Å². The molecule has 8 heteroatoms. The number of piperidine rings is 1. The van der Waals surface area contributed by atoms with E-state index >= 15 is 0 Å². The Hall–Kier alpha value is -3.03. The van der Waals surface area contributed by atoms with Gasteiger partial charge in [-0.2, -0.15) is 5.10 Å². The molecule has 1 aliphatic heterocycles. The van der Waals surface area contributed by atoms with E-state index in [9.17, 15) is 9.59 Å². The predicted octanol–water partition coefficient (Wildman–Crippen LogP) is 0.843. The number of hydrogen-bond donors (Lipinski definition) is 0. The summed E-state index contributed by atoms with van der Waals surface area (Å²) in [7, 11) is 1.54. The van der Waals surface area contributed by atoms with Crippen LogP contribution in [0.2, 0.25) is 0 Å². The van der Waals surface area contributed by atoms with E-state index in [1.807, 2.05) is 28.8 Å². The van der Waals surface area contributed by atoms with Crippen molar-refractivity contribution in [3.05, 3.63) is 58.4 Å². The summed E-state index contributed by atoms with van der Waals surface area (Å²) in [6, 6.07) is 8.64. The molecular weight excluding hydrogens is 320 g/mol. The van der Waals surface area contributed by atoms with Crippen molar-refractivity contribution < 1.29 is 4.79 Å². The summed E-state index contributed by atoms with van der Waals surface area (Å²) in [5, 5.41) is 12.6. The Bertz CT molecular complexity index is 992. The average molecular weight is 338 g/mol. The van der Waals surface area contributed by atoms with Gasteiger partial charge in [-0.1, -0.05) is 6.07 Å². The number of aromatic nitrogens is 5. The highest BCUT2D eigenvalue weighted by molar-refractivity contribution is 5.92. The quantitative estimate of drug-likeness (QED) is 0.691. The van der Waals surface area contributed by atoms with Crippen LogP contribution in [0.3, 0.4) is 0 Å². The van der Waals surface area contributed by atoms with E-state index in [1.54, 1.807) is 11.9 Å². The number of carbonyl (C=O) groups is 1. The van der Waals surface area contributed by atoms with Gasteiger partial charge in [0.05, 0.1) is 0 Å². The maximum atomic E-state index is 12.7. The zero-order valence-electron chi connectivity index (χ0n) is 13.9. The van der Waals surface area contributed by atoms with Crippen molar-refractivity contribution in [2.45, 2.75) is 18.8 Å². The van der Waals surface area contributed by atoms with Crippen molar-refractivity contribution in [2.24, 2.45) is 7.05 Å². The van der Waals surface area contributed by atoms with Crippen LogP contribution in [0, 0.1) is 0 Å². The molecule has 4 heterocycles. The van der Waals surface area contributed by atoms with E-state index in [2.05, 4.69) is 15.3 Å². The molecule has 8 nitrogen and oxygen atoms in total. The van der Waals surface area contributed by atoms with Gasteiger partial charge in [0.15, 0.2) is 5.65 Å². The van der Waals surface area contributed by atoms with Crippen LogP contribution < -0.4 is 5.56 Å². The van der Waals surface area contributed by atoms with Gasteiger partial charge in [0.2, 0.25) is 0 Å². The van der Waals surface area contributed by atoms with Crippen molar-refractivity contribution in [2.75, 3.05) is 13.1 Å². The molecule has 0 aliphatic carbocycles. The van der Waals surface area contributed by atoms with Gasteiger partial charge >= 0.3 is 0 Å². The molecule has 1 atom stereocenters. The first kappa shape index (κ1) is 15.5. The highest BCUT2D eigenvalue weighted by atomic mass is 16.2. The second kappa shape index (κ2) is 6.12. The van der Waals surface area contributed by atoms with Crippen molar-refractivity contribution in [1.82, 2.24) is 29.3 Å². The van der Waals surface area contributed by atoms with Crippen molar-refractivity contribution in [1.29, 1.82) is 0 Å².